The van der Waals surface area contributed by atoms with Crippen LogP contribution in [-0.2, 0) is 6.54 Å². The monoisotopic (exact) mass is 229 g/mol. The zero-order chi connectivity index (χ0) is 11.9. The molecule has 2 nitrogen and oxygen atoms in total. The molecule has 0 atom stereocenters. The van der Waals surface area contributed by atoms with Gasteiger partial charge < -0.3 is 5.11 Å². The molecule has 0 aliphatic carbocycles. The number of likely N-dealkylation sites (tertiary alicyclic amines) is 1. The van der Waals surface area contributed by atoms with Crippen LogP contribution in [0.3, 0.4) is 0 Å². The standard InChI is InChI=1S/C15H19NO/c17-11-5-8-14-6-4-7-15(12-14)13-16-9-2-1-3-10-16/h4,6-7,12,17H,1-3,9-11,13H2. The highest BCUT2D eigenvalue weighted by molar-refractivity contribution is 5.37. The molecule has 0 bridgehead atoms. The van der Waals surface area contributed by atoms with Gasteiger partial charge in [-0.05, 0) is 43.6 Å². The number of aliphatic hydroxyl groups excluding tert-OH is 1. The Morgan fingerprint density at radius 3 is 2.76 bits per heavy atom. The number of hydrogen-bond acceptors (Lipinski definition) is 2. The lowest BCUT2D eigenvalue weighted by Crippen LogP contribution is -2.29. The lowest BCUT2D eigenvalue weighted by atomic mass is 10.1. The third-order valence-corrected chi connectivity index (χ3v) is 3.09. The maximum Gasteiger partial charge on any atom is 0.104 e. The molecular weight excluding hydrogens is 210 g/mol. The van der Waals surface area contributed by atoms with Crippen LogP contribution in [0.1, 0.15) is 30.4 Å². The third kappa shape index (κ3) is 3.89. The van der Waals surface area contributed by atoms with E-state index in [2.05, 4.69) is 28.9 Å². The topological polar surface area (TPSA) is 23.5 Å². The van der Waals surface area contributed by atoms with Crippen molar-refractivity contribution in [2.45, 2.75) is 25.8 Å². The van der Waals surface area contributed by atoms with E-state index in [1.165, 1.54) is 37.9 Å². The van der Waals surface area contributed by atoms with Crippen LogP contribution in [0.15, 0.2) is 24.3 Å². The highest BCUT2D eigenvalue weighted by Crippen LogP contribution is 2.13. The van der Waals surface area contributed by atoms with Crippen LogP contribution in [0.25, 0.3) is 0 Å². The van der Waals surface area contributed by atoms with Crippen LogP contribution < -0.4 is 0 Å². The summed E-state index contributed by atoms with van der Waals surface area (Å²) in [5.41, 5.74) is 2.31. The van der Waals surface area contributed by atoms with Gasteiger partial charge in [0.15, 0.2) is 0 Å². The Kier molecular flexibility index (Phi) is 4.61. The van der Waals surface area contributed by atoms with Gasteiger partial charge in [-0.1, -0.05) is 30.4 Å². The molecule has 2 rings (SSSR count). The van der Waals surface area contributed by atoms with Crippen LogP contribution in [-0.4, -0.2) is 29.7 Å². The van der Waals surface area contributed by atoms with E-state index in [0.717, 1.165) is 12.1 Å². The molecule has 0 radical (unpaired) electrons. The smallest absolute Gasteiger partial charge is 0.104 e. The van der Waals surface area contributed by atoms with Gasteiger partial charge in [0, 0.05) is 12.1 Å². The van der Waals surface area contributed by atoms with E-state index in [-0.39, 0.29) is 6.61 Å². The summed E-state index contributed by atoms with van der Waals surface area (Å²) in [6.45, 7) is 3.38. The average molecular weight is 229 g/mol. The van der Waals surface area contributed by atoms with E-state index < -0.39 is 0 Å². The van der Waals surface area contributed by atoms with Crippen molar-refractivity contribution in [2.24, 2.45) is 0 Å². The number of nitrogens with zero attached hydrogens (tertiary/aromatic N) is 1. The SMILES string of the molecule is OCC#Cc1cccc(CN2CCCCC2)c1. The lowest BCUT2D eigenvalue weighted by molar-refractivity contribution is 0.221. The first kappa shape index (κ1) is 12.2. The number of benzene rings is 1. The van der Waals surface area contributed by atoms with Crippen molar-refractivity contribution >= 4 is 0 Å². The van der Waals surface area contributed by atoms with Crippen molar-refractivity contribution in [2.75, 3.05) is 19.7 Å². The molecule has 0 saturated carbocycles. The summed E-state index contributed by atoms with van der Waals surface area (Å²) >= 11 is 0. The van der Waals surface area contributed by atoms with Crippen LogP contribution in [0.2, 0.25) is 0 Å². The molecule has 90 valence electrons. The van der Waals surface area contributed by atoms with Crippen molar-refractivity contribution in [3.05, 3.63) is 35.4 Å². The zero-order valence-corrected chi connectivity index (χ0v) is 10.2. The Balaban J connectivity index is 2.00. The molecule has 1 aromatic carbocycles. The Labute approximate surface area is 103 Å². The normalized spacial score (nSPS) is 16.3. The number of hydrogen-bond donors (Lipinski definition) is 1. The van der Waals surface area contributed by atoms with E-state index in [4.69, 9.17) is 5.11 Å². The molecule has 1 saturated heterocycles. The molecule has 1 aromatic rings. The summed E-state index contributed by atoms with van der Waals surface area (Å²) in [6.07, 6.45) is 4.02. The first-order valence-electron chi connectivity index (χ1n) is 6.29. The minimum atomic E-state index is -0.0731. The maximum atomic E-state index is 8.68. The second kappa shape index (κ2) is 6.44. The molecule has 0 aromatic heterocycles. The van der Waals surface area contributed by atoms with Crippen molar-refractivity contribution in [3.8, 4) is 11.8 Å². The van der Waals surface area contributed by atoms with Crippen LogP contribution in [0.4, 0.5) is 0 Å². The summed E-state index contributed by atoms with van der Waals surface area (Å²) in [4.78, 5) is 2.50. The fourth-order valence-corrected chi connectivity index (χ4v) is 2.26. The van der Waals surface area contributed by atoms with Crippen molar-refractivity contribution in [1.82, 2.24) is 4.90 Å². The summed E-state index contributed by atoms with van der Waals surface area (Å²) in [5.74, 6) is 5.64. The zero-order valence-electron chi connectivity index (χ0n) is 10.2. The summed E-state index contributed by atoms with van der Waals surface area (Å²) < 4.78 is 0. The Morgan fingerprint density at radius 1 is 1.18 bits per heavy atom. The first-order valence-corrected chi connectivity index (χ1v) is 6.29. The van der Waals surface area contributed by atoms with Gasteiger partial charge in [-0.15, -0.1) is 0 Å². The van der Waals surface area contributed by atoms with E-state index in [1.807, 2.05) is 12.1 Å². The highest BCUT2D eigenvalue weighted by atomic mass is 16.2. The molecule has 2 heteroatoms. The molecule has 1 heterocycles. The van der Waals surface area contributed by atoms with E-state index in [0.29, 0.717) is 0 Å². The van der Waals surface area contributed by atoms with Crippen LogP contribution in [0, 0.1) is 11.8 Å². The van der Waals surface area contributed by atoms with Gasteiger partial charge in [-0.3, -0.25) is 4.90 Å². The van der Waals surface area contributed by atoms with E-state index >= 15 is 0 Å². The van der Waals surface area contributed by atoms with Gasteiger partial charge in [0.1, 0.15) is 6.61 Å². The second-order valence-electron chi connectivity index (χ2n) is 4.50. The summed E-state index contributed by atoms with van der Waals surface area (Å²) in [6, 6.07) is 8.30. The number of rotatable bonds is 2. The number of piperidine rings is 1. The lowest BCUT2D eigenvalue weighted by Gasteiger charge is -2.26. The first-order chi connectivity index (χ1) is 8.38. The molecule has 1 aliphatic rings. The third-order valence-electron chi connectivity index (χ3n) is 3.09. The van der Waals surface area contributed by atoms with Gasteiger partial charge in [-0.25, -0.2) is 0 Å². The fraction of sp³-hybridized carbons (Fsp3) is 0.467. The molecule has 0 unspecified atom stereocenters. The van der Waals surface area contributed by atoms with E-state index in [9.17, 15) is 0 Å². The van der Waals surface area contributed by atoms with Crippen molar-refractivity contribution < 1.29 is 5.11 Å². The molecular formula is C15H19NO. The summed E-state index contributed by atoms with van der Waals surface area (Å²) in [5, 5.41) is 8.68. The largest absolute Gasteiger partial charge is 0.384 e. The Morgan fingerprint density at radius 2 is 2.00 bits per heavy atom. The average Bonchev–Trinajstić information content (AvgIpc) is 2.38. The molecule has 0 spiro atoms. The van der Waals surface area contributed by atoms with Crippen molar-refractivity contribution in [3.63, 3.8) is 0 Å². The van der Waals surface area contributed by atoms with Crippen molar-refractivity contribution in [1.29, 1.82) is 0 Å². The predicted molar refractivity (Wildman–Crippen MR) is 69.5 cm³/mol. The van der Waals surface area contributed by atoms with Gasteiger partial charge in [0.25, 0.3) is 0 Å². The number of aliphatic hydroxyl groups is 1. The summed E-state index contributed by atoms with van der Waals surface area (Å²) in [7, 11) is 0. The molecule has 1 aliphatic heterocycles. The Bertz CT molecular complexity index is 410. The molecule has 1 N–H and O–H groups in total. The second-order valence-corrected chi connectivity index (χ2v) is 4.50. The Hall–Kier alpha value is -1.30. The van der Waals surface area contributed by atoms with Gasteiger partial charge in [0.2, 0.25) is 0 Å². The van der Waals surface area contributed by atoms with E-state index in [1.54, 1.807) is 0 Å². The minimum absolute atomic E-state index is 0.0731. The molecule has 17 heavy (non-hydrogen) atoms. The minimum Gasteiger partial charge on any atom is -0.384 e. The van der Waals surface area contributed by atoms with Gasteiger partial charge >= 0.3 is 0 Å². The fourth-order valence-electron chi connectivity index (χ4n) is 2.26. The van der Waals surface area contributed by atoms with Crippen LogP contribution in [0.5, 0.6) is 0 Å². The predicted octanol–water partition coefficient (Wildman–Crippen LogP) is 2.02. The molecule has 0 amide bonds. The van der Waals surface area contributed by atoms with Gasteiger partial charge in [0.05, 0.1) is 0 Å². The van der Waals surface area contributed by atoms with Gasteiger partial charge in [-0.2, -0.15) is 0 Å². The molecule has 1 fully saturated rings. The maximum absolute atomic E-state index is 8.68. The van der Waals surface area contributed by atoms with Crippen LogP contribution >= 0.6 is 0 Å². The highest BCUT2D eigenvalue weighted by Gasteiger charge is 2.10. The quantitative estimate of drug-likeness (QED) is 0.784.